The molecule has 0 unspecified atom stereocenters. The lowest BCUT2D eigenvalue weighted by atomic mass is 10.2. The van der Waals surface area contributed by atoms with Gasteiger partial charge >= 0.3 is 0 Å². The van der Waals surface area contributed by atoms with E-state index in [9.17, 15) is 0 Å². The van der Waals surface area contributed by atoms with E-state index in [-0.39, 0.29) is 24.0 Å². The molecule has 7 heteroatoms. The number of guanidine groups is 1. The van der Waals surface area contributed by atoms with Gasteiger partial charge in [0.1, 0.15) is 0 Å². The van der Waals surface area contributed by atoms with E-state index in [0.29, 0.717) is 0 Å². The van der Waals surface area contributed by atoms with E-state index in [1.54, 1.807) is 0 Å². The molecule has 30 heavy (non-hydrogen) atoms. The zero-order valence-electron chi connectivity index (χ0n) is 19.5. The number of benzene rings is 1. The summed E-state index contributed by atoms with van der Waals surface area (Å²) in [7, 11) is 2.22. The number of rotatable bonds is 10. The summed E-state index contributed by atoms with van der Waals surface area (Å²) in [5.41, 5.74) is 2.60. The van der Waals surface area contributed by atoms with Crippen molar-refractivity contribution in [3.8, 4) is 0 Å². The average Bonchev–Trinajstić information content (AvgIpc) is 2.92. The van der Waals surface area contributed by atoms with Crippen molar-refractivity contribution in [3.63, 3.8) is 0 Å². The maximum Gasteiger partial charge on any atom is 0.191 e. The number of hydrogen-bond donors (Lipinski definition) is 2. The molecule has 1 fully saturated rings. The van der Waals surface area contributed by atoms with Crippen molar-refractivity contribution in [2.45, 2.75) is 33.6 Å². The molecule has 0 aliphatic carbocycles. The normalized spacial score (nSPS) is 15.9. The van der Waals surface area contributed by atoms with Crippen LogP contribution in [-0.4, -0.2) is 88.3 Å². The molecule has 172 valence electrons. The fraction of sp³-hybridized carbons (Fsp3) is 0.696. The molecule has 0 aromatic heterocycles. The van der Waals surface area contributed by atoms with Gasteiger partial charge in [0.05, 0.1) is 0 Å². The Hall–Kier alpha value is -1.06. The summed E-state index contributed by atoms with van der Waals surface area (Å²) in [6.45, 7) is 17.0. The summed E-state index contributed by atoms with van der Waals surface area (Å²) >= 11 is 0. The van der Waals surface area contributed by atoms with E-state index < -0.39 is 0 Å². The zero-order valence-corrected chi connectivity index (χ0v) is 21.8. The standard InChI is InChI=1S/C23H42N6.HI/c1-5-24-23(25-12-8-15-28-16-9-14-27(4)18-19-28)26-13-17-29(6-2)22-11-7-10-21(3)20-22;/h7,10-11,20H,5-6,8-9,12-19H2,1-4H3,(H2,24,25,26);1H. The lowest BCUT2D eigenvalue weighted by Crippen LogP contribution is -2.41. The quantitative estimate of drug-likeness (QED) is 0.211. The number of halogens is 1. The SMILES string of the molecule is CCNC(=NCCCN1CCCN(C)CC1)NCCN(CC)c1cccc(C)c1.I. The maximum atomic E-state index is 4.78. The molecule has 1 aliphatic rings. The lowest BCUT2D eigenvalue weighted by Gasteiger charge is -2.24. The minimum Gasteiger partial charge on any atom is -0.370 e. The Morgan fingerprint density at radius 1 is 1.13 bits per heavy atom. The fourth-order valence-electron chi connectivity index (χ4n) is 3.75. The second-order valence-corrected chi connectivity index (χ2v) is 7.96. The first-order valence-electron chi connectivity index (χ1n) is 11.4. The summed E-state index contributed by atoms with van der Waals surface area (Å²) in [5.74, 6) is 0.934. The van der Waals surface area contributed by atoms with E-state index in [2.05, 4.69) is 77.4 Å². The number of nitrogens with one attached hydrogen (secondary N) is 2. The van der Waals surface area contributed by atoms with Crippen LogP contribution in [0, 0.1) is 6.92 Å². The highest BCUT2D eigenvalue weighted by atomic mass is 127. The van der Waals surface area contributed by atoms with Gasteiger partial charge in [0.15, 0.2) is 5.96 Å². The van der Waals surface area contributed by atoms with Gasteiger partial charge in [-0.25, -0.2) is 0 Å². The van der Waals surface area contributed by atoms with Crippen LogP contribution in [-0.2, 0) is 0 Å². The van der Waals surface area contributed by atoms with Crippen LogP contribution in [0.3, 0.4) is 0 Å². The van der Waals surface area contributed by atoms with E-state index in [1.807, 2.05) is 0 Å². The summed E-state index contributed by atoms with van der Waals surface area (Å²) < 4.78 is 0. The minimum absolute atomic E-state index is 0. The summed E-state index contributed by atoms with van der Waals surface area (Å²) in [6, 6.07) is 8.73. The van der Waals surface area contributed by atoms with Crippen molar-refractivity contribution in [1.82, 2.24) is 20.4 Å². The van der Waals surface area contributed by atoms with Crippen molar-refractivity contribution >= 4 is 35.6 Å². The largest absolute Gasteiger partial charge is 0.370 e. The van der Waals surface area contributed by atoms with Gasteiger partial charge in [0.25, 0.3) is 0 Å². The summed E-state index contributed by atoms with van der Waals surface area (Å²) in [4.78, 5) is 12.2. The highest BCUT2D eigenvalue weighted by Gasteiger charge is 2.11. The predicted octanol–water partition coefficient (Wildman–Crippen LogP) is 3.02. The van der Waals surface area contributed by atoms with Gasteiger partial charge in [-0.3, -0.25) is 4.99 Å². The molecule has 0 amide bonds. The van der Waals surface area contributed by atoms with Crippen LogP contribution in [0.15, 0.2) is 29.3 Å². The van der Waals surface area contributed by atoms with Gasteiger partial charge in [-0.2, -0.15) is 0 Å². The maximum absolute atomic E-state index is 4.78. The molecule has 1 aliphatic heterocycles. The van der Waals surface area contributed by atoms with Gasteiger partial charge < -0.3 is 25.3 Å². The van der Waals surface area contributed by atoms with Crippen LogP contribution in [0.25, 0.3) is 0 Å². The molecule has 1 saturated heterocycles. The smallest absolute Gasteiger partial charge is 0.191 e. The van der Waals surface area contributed by atoms with Gasteiger partial charge in [0, 0.05) is 51.5 Å². The Kier molecular flexibility index (Phi) is 14.1. The molecule has 0 saturated carbocycles. The molecule has 1 aromatic carbocycles. The van der Waals surface area contributed by atoms with Gasteiger partial charge in [0.2, 0.25) is 0 Å². The first kappa shape index (κ1) is 27.0. The summed E-state index contributed by atoms with van der Waals surface area (Å²) in [6.07, 6.45) is 2.39. The number of likely N-dealkylation sites (N-methyl/N-ethyl adjacent to an activating group) is 2. The third-order valence-corrected chi connectivity index (χ3v) is 5.48. The predicted molar refractivity (Wildman–Crippen MR) is 142 cm³/mol. The molecular weight excluding hydrogens is 487 g/mol. The Morgan fingerprint density at radius 2 is 1.97 bits per heavy atom. The third kappa shape index (κ3) is 10.3. The van der Waals surface area contributed by atoms with Gasteiger partial charge in [-0.15, -0.1) is 24.0 Å². The van der Waals surface area contributed by atoms with Crippen LogP contribution in [0.5, 0.6) is 0 Å². The molecule has 6 nitrogen and oxygen atoms in total. The molecule has 0 bridgehead atoms. The molecule has 0 spiro atoms. The zero-order chi connectivity index (χ0) is 20.9. The molecule has 0 radical (unpaired) electrons. The van der Waals surface area contributed by atoms with Crippen LogP contribution in [0.4, 0.5) is 5.69 Å². The third-order valence-electron chi connectivity index (χ3n) is 5.48. The number of aryl methyl sites for hydroxylation is 1. The summed E-state index contributed by atoms with van der Waals surface area (Å²) in [5, 5.41) is 6.88. The molecule has 1 heterocycles. The van der Waals surface area contributed by atoms with E-state index >= 15 is 0 Å². The van der Waals surface area contributed by atoms with Crippen LogP contribution in [0.2, 0.25) is 0 Å². The first-order chi connectivity index (χ1) is 14.1. The van der Waals surface area contributed by atoms with Gasteiger partial charge in [-0.1, -0.05) is 12.1 Å². The Morgan fingerprint density at radius 3 is 2.70 bits per heavy atom. The Labute approximate surface area is 201 Å². The topological polar surface area (TPSA) is 46.1 Å². The second kappa shape index (κ2) is 15.7. The molecule has 2 rings (SSSR count). The van der Waals surface area contributed by atoms with E-state index in [1.165, 1.54) is 43.9 Å². The number of hydrogen-bond acceptors (Lipinski definition) is 4. The van der Waals surface area contributed by atoms with Crippen molar-refractivity contribution in [1.29, 1.82) is 0 Å². The first-order valence-corrected chi connectivity index (χ1v) is 11.4. The molecule has 1 aromatic rings. The fourth-order valence-corrected chi connectivity index (χ4v) is 3.75. The number of nitrogens with zero attached hydrogens (tertiary/aromatic N) is 4. The van der Waals surface area contributed by atoms with E-state index in [0.717, 1.165) is 51.6 Å². The molecule has 0 atom stereocenters. The highest BCUT2D eigenvalue weighted by Crippen LogP contribution is 2.14. The highest BCUT2D eigenvalue weighted by molar-refractivity contribution is 14.0. The lowest BCUT2D eigenvalue weighted by molar-refractivity contribution is 0.275. The van der Waals surface area contributed by atoms with Crippen LogP contribution in [0.1, 0.15) is 32.3 Å². The number of anilines is 1. The van der Waals surface area contributed by atoms with Crippen LogP contribution < -0.4 is 15.5 Å². The molecule has 2 N–H and O–H groups in total. The monoisotopic (exact) mass is 530 g/mol. The van der Waals surface area contributed by atoms with Crippen molar-refractivity contribution in [2.24, 2.45) is 4.99 Å². The minimum atomic E-state index is 0. The average molecular weight is 531 g/mol. The second-order valence-electron chi connectivity index (χ2n) is 7.96. The van der Waals surface area contributed by atoms with E-state index in [4.69, 9.17) is 4.99 Å². The van der Waals surface area contributed by atoms with Crippen molar-refractivity contribution in [3.05, 3.63) is 29.8 Å². The number of aliphatic imine (C=N–C) groups is 1. The Bertz CT molecular complexity index is 609. The van der Waals surface area contributed by atoms with Crippen molar-refractivity contribution < 1.29 is 0 Å². The van der Waals surface area contributed by atoms with Crippen molar-refractivity contribution in [2.75, 3.05) is 77.4 Å². The Balaban J connectivity index is 0.00000450. The van der Waals surface area contributed by atoms with Crippen LogP contribution >= 0.6 is 24.0 Å². The molecular formula is C23H43IN6. The van der Waals surface area contributed by atoms with Gasteiger partial charge in [-0.05, 0) is 78.0 Å².